The van der Waals surface area contributed by atoms with Crippen LogP contribution in [0.2, 0.25) is 0 Å². The van der Waals surface area contributed by atoms with Crippen LogP contribution in [0.4, 0.5) is 0 Å². The molecule has 2 aromatic carbocycles. The van der Waals surface area contributed by atoms with Crippen LogP contribution in [-0.2, 0) is 0 Å². The van der Waals surface area contributed by atoms with Crippen LogP contribution in [0, 0.1) is 11.8 Å². The van der Waals surface area contributed by atoms with Crippen LogP contribution in [0.15, 0.2) is 48.5 Å². The van der Waals surface area contributed by atoms with Crippen LogP contribution >= 0.6 is 0 Å². The van der Waals surface area contributed by atoms with Crippen LogP contribution in [0.3, 0.4) is 0 Å². The van der Waals surface area contributed by atoms with Gasteiger partial charge < -0.3 is 14.4 Å². The summed E-state index contributed by atoms with van der Waals surface area (Å²) in [6, 6.07) is 15.6. The van der Waals surface area contributed by atoms with Crippen molar-refractivity contribution in [2.75, 3.05) is 34.4 Å². The number of rotatable bonds is 5. The zero-order valence-corrected chi connectivity index (χ0v) is 13.3. The minimum absolute atomic E-state index is 0.682. The van der Waals surface area contributed by atoms with Gasteiger partial charge in [-0.15, -0.1) is 0 Å². The van der Waals surface area contributed by atoms with Gasteiger partial charge in [0.05, 0.1) is 7.11 Å². The second kappa shape index (κ2) is 8.11. The Morgan fingerprint density at radius 3 is 2.32 bits per heavy atom. The fraction of sp³-hybridized carbons (Fsp3) is 0.263. The highest BCUT2D eigenvalue weighted by Crippen LogP contribution is 2.13. The maximum Gasteiger partial charge on any atom is 0.120 e. The van der Waals surface area contributed by atoms with Crippen molar-refractivity contribution < 1.29 is 9.47 Å². The molecule has 0 aliphatic rings. The number of ether oxygens (including phenoxy) is 2. The molecule has 0 aliphatic heterocycles. The number of nitrogens with zero attached hydrogens (tertiary/aromatic N) is 1. The van der Waals surface area contributed by atoms with Gasteiger partial charge in [-0.2, -0.15) is 0 Å². The van der Waals surface area contributed by atoms with E-state index >= 15 is 0 Å². The fourth-order valence-corrected chi connectivity index (χ4v) is 1.83. The van der Waals surface area contributed by atoms with Crippen LogP contribution in [0.25, 0.3) is 0 Å². The lowest BCUT2D eigenvalue weighted by atomic mass is 10.1. The highest BCUT2D eigenvalue weighted by Gasteiger charge is 1.95. The molecule has 0 fully saturated rings. The van der Waals surface area contributed by atoms with E-state index in [2.05, 4.69) is 16.7 Å². The van der Waals surface area contributed by atoms with Crippen LogP contribution in [-0.4, -0.2) is 39.3 Å². The Kier molecular flexibility index (Phi) is 5.88. The smallest absolute Gasteiger partial charge is 0.120 e. The van der Waals surface area contributed by atoms with E-state index in [-0.39, 0.29) is 0 Å². The first kappa shape index (κ1) is 15.9. The Hall–Kier alpha value is -2.44. The van der Waals surface area contributed by atoms with Gasteiger partial charge in [-0.3, -0.25) is 0 Å². The Morgan fingerprint density at radius 1 is 0.909 bits per heavy atom. The average molecular weight is 295 g/mol. The van der Waals surface area contributed by atoms with Crippen molar-refractivity contribution in [1.29, 1.82) is 0 Å². The molecule has 0 aromatic heterocycles. The first-order valence-corrected chi connectivity index (χ1v) is 7.21. The SMILES string of the molecule is COc1cccc(C#Cc2ccc(OCCN(C)C)cc2)c1. The summed E-state index contributed by atoms with van der Waals surface area (Å²) in [7, 11) is 5.71. The van der Waals surface area contributed by atoms with Gasteiger partial charge in [0.1, 0.15) is 18.1 Å². The third-order valence-corrected chi connectivity index (χ3v) is 3.08. The lowest BCUT2D eigenvalue weighted by Gasteiger charge is -2.10. The second-order valence-corrected chi connectivity index (χ2v) is 5.16. The molecule has 0 aliphatic carbocycles. The van der Waals surface area contributed by atoms with Crippen molar-refractivity contribution in [2.45, 2.75) is 0 Å². The first-order chi connectivity index (χ1) is 10.7. The molecule has 3 heteroatoms. The van der Waals surface area contributed by atoms with Crippen molar-refractivity contribution in [2.24, 2.45) is 0 Å². The molecule has 2 rings (SSSR count). The molecule has 2 aromatic rings. The van der Waals surface area contributed by atoms with Crippen molar-refractivity contribution in [1.82, 2.24) is 4.90 Å². The predicted octanol–water partition coefficient (Wildman–Crippen LogP) is 3.04. The van der Waals surface area contributed by atoms with E-state index in [1.165, 1.54) is 0 Å². The van der Waals surface area contributed by atoms with Gasteiger partial charge >= 0.3 is 0 Å². The summed E-state index contributed by atoms with van der Waals surface area (Å²) in [5.41, 5.74) is 1.90. The number of methoxy groups -OCH3 is 1. The topological polar surface area (TPSA) is 21.7 Å². The quantitative estimate of drug-likeness (QED) is 0.791. The van der Waals surface area contributed by atoms with E-state index in [1.54, 1.807) is 7.11 Å². The fourth-order valence-electron chi connectivity index (χ4n) is 1.83. The van der Waals surface area contributed by atoms with E-state index in [0.29, 0.717) is 6.61 Å². The molecule has 0 bridgehead atoms. The molecule has 3 nitrogen and oxygen atoms in total. The number of likely N-dealkylation sites (N-methyl/N-ethyl adjacent to an activating group) is 1. The van der Waals surface area contributed by atoms with Gasteiger partial charge in [-0.1, -0.05) is 17.9 Å². The molecule has 22 heavy (non-hydrogen) atoms. The maximum atomic E-state index is 5.66. The van der Waals surface area contributed by atoms with E-state index in [4.69, 9.17) is 9.47 Å². The van der Waals surface area contributed by atoms with Crippen molar-refractivity contribution in [3.8, 4) is 23.3 Å². The van der Waals surface area contributed by atoms with Crippen LogP contribution in [0.5, 0.6) is 11.5 Å². The van der Waals surface area contributed by atoms with Crippen molar-refractivity contribution in [3.63, 3.8) is 0 Å². The molecule has 0 N–H and O–H groups in total. The van der Waals surface area contributed by atoms with Gasteiger partial charge in [-0.05, 0) is 56.6 Å². The summed E-state index contributed by atoms with van der Waals surface area (Å²) in [5, 5.41) is 0. The zero-order chi connectivity index (χ0) is 15.8. The summed E-state index contributed by atoms with van der Waals surface area (Å²) in [5.74, 6) is 7.97. The van der Waals surface area contributed by atoms with Crippen LogP contribution in [0.1, 0.15) is 11.1 Å². The molecule has 0 amide bonds. The van der Waals surface area contributed by atoms with Gasteiger partial charge in [0, 0.05) is 17.7 Å². The van der Waals surface area contributed by atoms with E-state index < -0.39 is 0 Å². The maximum absolute atomic E-state index is 5.66. The summed E-state index contributed by atoms with van der Waals surface area (Å²) < 4.78 is 10.8. The number of hydrogen-bond donors (Lipinski definition) is 0. The third kappa shape index (κ3) is 5.16. The molecular weight excluding hydrogens is 274 g/mol. The van der Waals surface area contributed by atoms with Gasteiger partial charge in [0.25, 0.3) is 0 Å². The highest BCUT2D eigenvalue weighted by atomic mass is 16.5. The largest absolute Gasteiger partial charge is 0.497 e. The molecule has 0 saturated carbocycles. The minimum Gasteiger partial charge on any atom is -0.497 e. The molecule has 0 heterocycles. The molecule has 114 valence electrons. The molecular formula is C19H21NO2. The summed E-state index contributed by atoms with van der Waals surface area (Å²) in [6.07, 6.45) is 0. The zero-order valence-electron chi connectivity index (χ0n) is 13.3. The summed E-state index contributed by atoms with van der Waals surface area (Å²) >= 11 is 0. The number of benzene rings is 2. The predicted molar refractivity (Wildman–Crippen MR) is 89.5 cm³/mol. The summed E-state index contributed by atoms with van der Waals surface area (Å²) in [6.45, 7) is 1.58. The monoisotopic (exact) mass is 295 g/mol. The van der Waals surface area contributed by atoms with Crippen molar-refractivity contribution in [3.05, 3.63) is 59.7 Å². The molecule has 0 saturated heterocycles. The average Bonchev–Trinajstić information content (AvgIpc) is 2.54. The first-order valence-electron chi connectivity index (χ1n) is 7.21. The van der Waals surface area contributed by atoms with Gasteiger partial charge in [-0.25, -0.2) is 0 Å². The van der Waals surface area contributed by atoms with Crippen LogP contribution < -0.4 is 9.47 Å². The third-order valence-electron chi connectivity index (χ3n) is 3.08. The second-order valence-electron chi connectivity index (χ2n) is 5.16. The van der Waals surface area contributed by atoms with Crippen molar-refractivity contribution >= 4 is 0 Å². The number of hydrogen-bond acceptors (Lipinski definition) is 3. The normalized spacial score (nSPS) is 10.0. The van der Waals surface area contributed by atoms with E-state index in [0.717, 1.165) is 29.2 Å². The minimum atomic E-state index is 0.682. The van der Waals surface area contributed by atoms with E-state index in [9.17, 15) is 0 Å². The molecule has 0 spiro atoms. The lowest BCUT2D eigenvalue weighted by molar-refractivity contribution is 0.261. The Labute approximate surface area is 132 Å². The Morgan fingerprint density at radius 2 is 1.64 bits per heavy atom. The highest BCUT2D eigenvalue weighted by molar-refractivity contribution is 5.46. The van der Waals surface area contributed by atoms with Gasteiger partial charge in [0.15, 0.2) is 0 Å². The molecule has 0 unspecified atom stereocenters. The summed E-state index contributed by atoms with van der Waals surface area (Å²) in [4.78, 5) is 2.09. The Bertz CT molecular complexity index is 651. The lowest BCUT2D eigenvalue weighted by Crippen LogP contribution is -2.19. The van der Waals surface area contributed by atoms with E-state index in [1.807, 2.05) is 62.6 Å². The van der Waals surface area contributed by atoms with Gasteiger partial charge in [0.2, 0.25) is 0 Å². The molecule has 0 atom stereocenters. The molecule has 0 radical (unpaired) electrons. The Balaban J connectivity index is 1.98. The standard InChI is InChI=1S/C19H21NO2/c1-20(2)13-14-22-18-11-9-16(10-12-18)7-8-17-5-4-6-19(15-17)21-3/h4-6,9-12,15H,13-14H2,1-3H3.